The molecule has 0 bridgehead atoms. The van der Waals surface area contributed by atoms with Crippen LogP contribution in [-0.2, 0) is 9.53 Å². The molecule has 0 spiro atoms. The van der Waals surface area contributed by atoms with Crippen LogP contribution in [0.2, 0.25) is 0 Å². The molecule has 0 aromatic heterocycles. The number of hydrogen-bond donors (Lipinski definition) is 0. The number of benzene rings is 3. The molecule has 3 aromatic carbocycles. The monoisotopic (exact) mass is 443 g/mol. The predicted octanol–water partition coefficient (Wildman–Crippen LogP) is 5.11. The molecule has 33 heavy (non-hydrogen) atoms. The minimum absolute atomic E-state index is 0.193. The van der Waals surface area contributed by atoms with E-state index in [0.717, 1.165) is 22.4 Å². The first-order valence-corrected chi connectivity index (χ1v) is 10.6. The van der Waals surface area contributed by atoms with Crippen molar-refractivity contribution in [2.24, 2.45) is 4.99 Å². The van der Waals surface area contributed by atoms with Gasteiger partial charge in [-0.1, -0.05) is 24.3 Å². The Kier molecular flexibility index (Phi) is 6.74. The third-order valence-corrected chi connectivity index (χ3v) is 4.96. The van der Waals surface area contributed by atoms with Crippen LogP contribution in [0.3, 0.4) is 0 Å². The zero-order valence-electron chi connectivity index (χ0n) is 18.8. The third kappa shape index (κ3) is 5.60. The summed E-state index contributed by atoms with van der Waals surface area (Å²) in [6.45, 7) is 4.78. The molecule has 4 rings (SSSR count). The van der Waals surface area contributed by atoms with E-state index in [4.69, 9.17) is 18.9 Å². The highest BCUT2D eigenvalue weighted by atomic mass is 16.6. The van der Waals surface area contributed by atoms with Crippen molar-refractivity contribution < 1.29 is 23.7 Å². The summed E-state index contributed by atoms with van der Waals surface area (Å²) >= 11 is 0. The lowest BCUT2D eigenvalue weighted by Crippen LogP contribution is -2.10. The number of ether oxygens (including phenoxy) is 4. The summed E-state index contributed by atoms with van der Waals surface area (Å²) in [5, 5.41) is 0. The fourth-order valence-corrected chi connectivity index (χ4v) is 3.49. The van der Waals surface area contributed by atoms with E-state index in [9.17, 15) is 4.79 Å². The first kappa shape index (κ1) is 22.1. The Morgan fingerprint density at radius 1 is 0.879 bits per heavy atom. The van der Waals surface area contributed by atoms with E-state index >= 15 is 0 Å². The van der Waals surface area contributed by atoms with Crippen molar-refractivity contribution in [3.63, 3.8) is 0 Å². The van der Waals surface area contributed by atoms with E-state index < -0.39 is 5.97 Å². The van der Waals surface area contributed by atoms with Gasteiger partial charge in [-0.25, -0.2) is 9.79 Å². The van der Waals surface area contributed by atoms with Gasteiger partial charge in [0.15, 0.2) is 5.70 Å². The van der Waals surface area contributed by atoms with Gasteiger partial charge in [-0.2, -0.15) is 0 Å². The molecule has 0 radical (unpaired) electrons. The predicted molar refractivity (Wildman–Crippen MR) is 127 cm³/mol. The second-order valence-corrected chi connectivity index (χ2v) is 7.63. The van der Waals surface area contributed by atoms with Gasteiger partial charge < -0.3 is 18.9 Å². The third-order valence-electron chi connectivity index (χ3n) is 4.96. The number of cyclic esters (lactones) is 1. The number of aryl methyl sites for hydroxylation is 2. The van der Waals surface area contributed by atoms with Crippen LogP contribution >= 0.6 is 0 Å². The topological polar surface area (TPSA) is 66.3 Å². The van der Waals surface area contributed by atoms with Crippen LogP contribution in [0, 0.1) is 13.8 Å². The van der Waals surface area contributed by atoms with Gasteiger partial charge in [0.25, 0.3) is 0 Å². The molecule has 1 aliphatic heterocycles. The molecule has 6 heteroatoms. The van der Waals surface area contributed by atoms with Crippen molar-refractivity contribution in [1.82, 2.24) is 0 Å². The molecule has 168 valence electrons. The molecule has 0 N–H and O–H groups in total. The van der Waals surface area contributed by atoms with Gasteiger partial charge in [0.05, 0.1) is 7.11 Å². The van der Waals surface area contributed by atoms with E-state index in [-0.39, 0.29) is 11.6 Å². The van der Waals surface area contributed by atoms with Gasteiger partial charge in [0, 0.05) is 11.1 Å². The number of carbonyl (C=O) groups excluding carboxylic acids is 1. The number of carbonyl (C=O) groups is 1. The molecule has 1 aliphatic rings. The number of nitrogens with zero attached hydrogens (tertiary/aromatic N) is 1. The summed E-state index contributed by atoms with van der Waals surface area (Å²) in [5.41, 5.74) is 3.88. The van der Waals surface area contributed by atoms with Gasteiger partial charge in [-0.05, 0) is 73.5 Å². The largest absolute Gasteiger partial charge is 0.497 e. The Morgan fingerprint density at radius 2 is 1.61 bits per heavy atom. The van der Waals surface area contributed by atoms with E-state index in [1.165, 1.54) is 0 Å². The molecule has 1 heterocycles. The Hall–Kier alpha value is -4.06. The molecule has 0 saturated heterocycles. The van der Waals surface area contributed by atoms with Gasteiger partial charge >= 0.3 is 5.97 Å². The summed E-state index contributed by atoms with van der Waals surface area (Å²) in [5.74, 6) is 1.80. The van der Waals surface area contributed by atoms with Gasteiger partial charge in [0.2, 0.25) is 5.90 Å². The summed E-state index contributed by atoms with van der Waals surface area (Å²) in [4.78, 5) is 16.8. The highest BCUT2D eigenvalue weighted by molar-refractivity contribution is 6.12. The average Bonchev–Trinajstić information content (AvgIpc) is 3.17. The Bertz CT molecular complexity index is 1190. The van der Waals surface area contributed by atoms with Crippen LogP contribution in [0.4, 0.5) is 0 Å². The van der Waals surface area contributed by atoms with E-state index in [2.05, 4.69) is 11.1 Å². The zero-order chi connectivity index (χ0) is 23.2. The standard InChI is InChI=1S/C27H25NO5/c1-18-13-19(2)15-23(14-18)31-11-12-32-25-10-9-22(30-3)16-21(25)17-24-27(29)33-26(28-24)20-7-5-4-6-8-20/h4-10,13-17H,11-12H2,1-3H3/b24-17-. The van der Waals surface area contributed by atoms with Crippen molar-refractivity contribution >= 4 is 17.9 Å². The van der Waals surface area contributed by atoms with Crippen LogP contribution in [0.1, 0.15) is 22.3 Å². The lowest BCUT2D eigenvalue weighted by Gasteiger charge is -2.12. The molecular formula is C27H25NO5. The molecule has 6 nitrogen and oxygen atoms in total. The number of hydrogen-bond acceptors (Lipinski definition) is 6. The SMILES string of the molecule is COc1ccc(OCCOc2cc(C)cc(C)c2)c(/C=C2\N=C(c3ccccc3)OC2=O)c1. The van der Waals surface area contributed by atoms with Crippen molar-refractivity contribution in [3.05, 3.63) is 94.7 Å². The summed E-state index contributed by atoms with van der Waals surface area (Å²) in [6.07, 6.45) is 1.64. The van der Waals surface area contributed by atoms with E-state index in [0.29, 0.717) is 30.3 Å². The molecule has 0 unspecified atom stereocenters. The minimum Gasteiger partial charge on any atom is -0.497 e. The average molecular weight is 443 g/mol. The van der Waals surface area contributed by atoms with Gasteiger partial charge in [-0.3, -0.25) is 0 Å². The Labute approximate surface area is 193 Å². The van der Waals surface area contributed by atoms with Crippen molar-refractivity contribution in [2.75, 3.05) is 20.3 Å². The first-order chi connectivity index (χ1) is 16.0. The van der Waals surface area contributed by atoms with E-state index in [1.54, 1.807) is 31.4 Å². The second-order valence-electron chi connectivity index (χ2n) is 7.63. The number of methoxy groups -OCH3 is 1. The quantitative estimate of drug-likeness (QED) is 0.275. The number of esters is 1. The van der Waals surface area contributed by atoms with Gasteiger partial charge in [0.1, 0.15) is 30.5 Å². The highest BCUT2D eigenvalue weighted by Crippen LogP contribution is 2.28. The van der Waals surface area contributed by atoms with Crippen LogP contribution < -0.4 is 14.2 Å². The maximum atomic E-state index is 12.4. The van der Waals surface area contributed by atoms with Crippen LogP contribution in [0.25, 0.3) is 6.08 Å². The molecule has 0 aliphatic carbocycles. The van der Waals surface area contributed by atoms with Crippen LogP contribution in [0.15, 0.2) is 77.4 Å². The van der Waals surface area contributed by atoms with Crippen molar-refractivity contribution in [1.29, 1.82) is 0 Å². The molecule has 0 saturated carbocycles. The van der Waals surface area contributed by atoms with E-state index in [1.807, 2.05) is 56.3 Å². The highest BCUT2D eigenvalue weighted by Gasteiger charge is 2.24. The summed E-state index contributed by atoms with van der Waals surface area (Å²) < 4.78 is 22.5. The number of aliphatic imine (C=N–C) groups is 1. The lowest BCUT2D eigenvalue weighted by molar-refractivity contribution is -0.129. The second kappa shape index (κ2) is 10.0. The fourth-order valence-electron chi connectivity index (χ4n) is 3.49. The molecule has 0 atom stereocenters. The minimum atomic E-state index is -0.513. The number of rotatable bonds is 8. The Balaban J connectivity index is 1.50. The summed E-state index contributed by atoms with van der Waals surface area (Å²) in [6, 6.07) is 20.8. The molecule has 3 aromatic rings. The summed E-state index contributed by atoms with van der Waals surface area (Å²) in [7, 11) is 1.58. The van der Waals surface area contributed by atoms with Gasteiger partial charge in [-0.15, -0.1) is 0 Å². The maximum absolute atomic E-state index is 12.4. The molecule has 0 fully saturated rings. The van der Waals surface area contributed by atoms with Crippen LogP contribution in [-0.4, -0.2) is 32.2 Å². The lowest BCUT2D eigenvalue weighted by atomic mass is 10.1. The smallest absolute Gasteiger partial charge is 0.363 e. The zero-order valence-corrected chi connectivity index (χ0v) is 18.8. The van der Waals surface area contributed by atoms with Crippen molar-refractivity contribution in [3.8, 4) is 17.2 Å². The normalized spacial score (nSPS) is 14.1. The molecular weight excluding hydrogens is 418 g/mol. The van der Waals surface area contributed by atoms with Crippen molar-refractivity contribution in [2.45, 2.75) is 13.8 Å². The van der Waals surface area contributed by atoms with Crippen LogP contribution in [0.5, 0.6) is 17.2 Å². The molecule has 0 amide bonds. The fraction of sp³-hybridized carbons (Fsp3) is 0.185. The maximum Gasteiger partial charge on any atom is 0.363 e. The Morgan fingerprint density at radius 3 is 2.33 bits per heavy atom. The first-order valence-electron chi connectivity index (χ1n) is 10.6.